The standard InChI is InChI=1S/C23H24F3NO6S/c1-21(2,16-11-15(34(3,30)31)10-14-5-8-32-19(14)16)12-22(29,23(24,25)26)13-27-7-4-18(28)20-17(27)6-9-33-20/h4,6-7,9-11,29H,5,8,12-13H2,1-3H3. The summed E-state index contributed by atoms with van der Waals surface area (Å²) in [6.07, 6.45) is -2.01. The number of halogens is 3. The molecule has 0 radical (unpaired) electrons. The van der Waals surface area contributed by atoms with E-state index in [9.17, 15) is 31.5 Å². The molecule has 0 bridgehead atoms. The number of benzene rings is 1. The third kappa shape index (κ3) is 4.22. The first-order chi connectivity index (χ1) is 15.6. The van der Waals surface area contributed by atoms with Gasteiger partial charge >= 0.3 is 6.18 Å². The Morgan fingerprint density at radius 1 is 1.18 bits per heavy atom. The second kappa shape index (κ2) is 7.88. The van der Waals surface area contributed by atoms with Gasteiger partial charge in [-0.05, 0) is 29.5 Å². The van der Waals surface area contributed by atoms with Gasteiger partial charge in [-0.15, -0.1) is 0 Å². The number of furan rings is 1. The molecule has 1 N–H and O–H groups in total. The molecule has 1 unspecified atom stereocenters. The predicted octanol–water partition coefficient (Wildman–Crippen LogP) is 3.59. The van der Waals surface area contributed by atoms with Gasteiger partial charge in [0, 0.05) is 36.6 Å². The van der Waals surface area contributed by atoms with Crippen molar-refractivity contribution in [2.45, 2.75) is 55.3 Å². The fraction of sp³-hybridized carbons (Fsp3) is 0.435. The van der Waals surface area contributed by atoms with Crippen LogP contribution in [-0.2, 0) is 28.2 Å². The molecule has 1 aliphatic heterocycles. The Morgan fingerprint density at radius 2 is 1.88 bits per heavy atom. The summed E-state index contributed by atoms with van der Waals surface area (Å²) in [5, 5.41) is 11.0. The molecule has 1 atom stereocenters. The highest BCUT2D eigenvalue weighted by Crippen LogP contribution is 2.47. The Labute approximate surface area is 193 Å². The van der Waals surface area contributed by atoms with Gasteiger partial charge in [0.05, 0.1) is 29.8 Å². The Balaban J connectivity index is 1.80. The van der Waals surface area contributed by atoms with Crippen molar-refractivity contribution in [3.63, 3.8) is 0 Å². The molecule has 34 heavy (non-hydrogen) atoms. The summed E-state index contributed by atoms with van der Waals surface area (Å²) in [5.74, 6) is 0.350. The molecule has 184 valence electrons. The maximum absolute atomic E-state index is 14.3. The molecule has 1 aromatic carbocycles. The second-order valence-corrected chi connectivity index (χ2v) is 11.4. The van der Waals surface area contributed by atoms with Crippen molar-refractivity contribution in [1.82, 2.24) is 4.57 Å². The highest BCUT2D eigenvalue weighted by atomic mass is 32.2. The van der Waals surface area contributed by atoms with Crippen LogP contribution in [0, 0.1) is 0 Å². The summed E-state index contributed by atoms with van der Waals surface area (Å²) < 4.78 is 79.2. The minimum Gasteiger partial charge on any atom is -0.493 e. The molecular formula is C23H24F3NO6S. The Morgan fingerprint density at radius 3 is 2.53 bits per heavy atom. The first-order valence-corrected chi connectivity index (χ1v) is 12.4. The fourth-order valence-corrected chi connectivity index (χ4v) is 5.20. The number of pyridine rings is 1. The van der Waals surface area contributed by atoms with E-state index in [1.807, 2.05) is 0 Å². The van der Waals surface area contributed by atoms with Gasteiger partial charge in [-0.2, -0.15) is 13.2 Å². The van der Waals surface area contributed by atoms with Gasteiger partial charge in [0.25, 0.3) is 0 Å². The lowest BCUT2D eigenvalue weighted by molar-refractivity contribution is -0.271. The topological polar surface area (TPSA) is 98.7 Å². The number of aliphatic hydroxyl groups is 1. The lowest BCUT2D eigenvalue weighted by atomic mass is 9.74. The molecule has 0 fully saturated rings. The molecule has 0 saturated heterocycles. The molecule has 1 aliphatic rings. The number of hydrogen-bond donors (Lipinski definition) is 1. The average Bonchev–Trinajstić information content (AvgIpc) is 3.37. The van der Waals surface area contributed by atoms with Crippen LogP contribution in [0.1, 0.15) is 31.4 Å². The number of ether oxygens (including phenoxy) is 1. The van der Waals surface area contributed by atoms with E-state index in [0.717, 1.165) is 16.9 Å². The predicted molar refractivity (Wildman–Crippen MR) is 118 cm³/mol. The van der Waals surface area contributed by atoms with E-state index in [0.29, 0.717) is 17.7 Å². The minimum absolute atomic E-state index is 0.0177. The fourth-order valence-electron chi connectivity index (χ4n) is 4.51. The van der Waals surface area contributed by atoms with Crippen LogP contribution in [0.2, 0.25) is 0 Å². The molecule has 0 aliphatic carbocycles. The number of alkyl halides is 3. The zero-order chi connectivity index (χ0) is 25.1. The van der Waals surface area contributed by atoms with Crippen LogP contribution in [0.15, 0.2) is 50.8 Å². The first kappa shape index (κ1) is 24.3. The highest BCUT2D eigenvalue weighted by Gasteiger charge is 2.56. The zero-order valence-corrected chi connectivity index (χ0v) is 19.6. The number of rotatable bonds is 6. The summed E-state index contributed by atoms with van der Waals surface area (Å²) in [7, 11) is -3.63. The van der Waals surface area contributed by atoms with Crippen molar-refractivity contribution < 1.29 is 35.8 Å². The average molecular weight is 500 g/mol. The van der Waals surface area contributed by atoms with E-state index in [1.165, 1.54) is 44.5 Å². The number of nitrogens with zero attached hydrogens (tertiary/aromatic N) is 1. The molecule has 3 heterocycles. The van der Waals surface area contributed by atoms with E-state index in [-0.39, 0.29) is 28.2 Å². The van der Waals surface area contributed by atoms with Gasteiger partial charge in [0.1, 0.15) is 5.75 Å². The van der Waals surface area contributed by atoms with Crippen molar-refractivity contribution in [1.29, 1.82) is 0 Å². The molecule has 4 rings (SSSR count). The largest absolute Gasteiger partial charge is 0.493 e. The van der Waals surface area contributed by atoms with Gasteiger partial charge in [-0.25, -0.2) is 8.42 Å². The van der Waals surface area contributed by atoms with E-state index < -0.39 is 45.4 Å². The molecule has 0 amide bonds. The number of sulfone groups is 1. The molecule has 0 saturated carbocycles. The van der Waals surface area contributed by atoms with E-state index in [2.05, 4.69) is 0 Å². The summed E-state index contributed by atoms with van der Waals surface area (Å²) in [6, 6.07) is 5.23. The van der Waals surface area contributed by atoms with Crippen LogP contribution in [0.3, 0.4) is 0 Å². The van der Waals surface area contributed by atoms with Crippen LogP contribution in [0.25, 0.3) is 11.1 Å². The summed E-state index contributed by atoms with van der Waals surface area (Å²) in [5.41, 5.74) is -4.16. The molecule has 7 nitrogen and oxygen atoms in total. The third-order valence-electron chi connectivity index (χ3n) is 6.19. The lowest BCUT2D eigenvalue weighted by Crippen LogP contribution is -2.52. The van der Waals surface area contributed by atoms with Crippen molar-refractivity contribution in [2.75, 3.05) is 12.9 Å². The van der Waals surface area contributed by atoms with Gasteiger partial charge in [-0.1, -0.05) is 13.8 Å². The maximum Gasteiger partial charge on any atom is 0.418 e. The maximum atomic E-state index is 14.3. The highest BCUT2D eigenvalue weighted by molar-refractivity contribution is 7.90. The van der Waals surface area contributed by atoms with Crippen LogP contribution in [0.5, 0.6) is 5.75 Å². The number of fused-ring (bicyclic) bond motifs is 2. The molecule has 3 aromatic rings. The quantitative estimate of drug-likeness (QED) is 0.557. The normalized spacial score (nSPS) is 16.3. The first-order valence-electron chi connectivity index (χ1n) is 10.5. The SMILES string of the molecule is CC(C)(CC(O)(Cn1ccc(=O)c2occc21)C(F)(F)F)c1cc(S(C)(=O)=O)cc2c1OCC2. The summed E-state index contributed by atoms with van der Waals surface area (Å²) >= 11 is 0. The van der Waals surface area contributed by atoms with Crippen LogP contribution < -0.4 is 10.2 Å². The van der Waals surface area contributed by atoms with E-state index >= 15 is 0 Å². The van der Waals surface area contributed by atoms with Crippen molar-refractivity contribution in [3.8, 4) is 5.75 Å². The monoisotopic (exact) mass is 499 g/mol. The van der Waals surface area contributed by atoms with Crippen molar-refractivity contribution in [2.24, 2.45) is 0 Å². The van der Waals surface area contributed by atoms with Crippen LogP contribution in [0.4, 0.5) is 13.2 Å². The number of aromatic nitrogens is 1. The summed E-state index contributed by atoms with van der Waals surface area (Å²) in [4.78, 5) is 11.9. The Hall–Kier alpha value is -2.79. The molecule has 2 aromatic heterocycles. The Kier molecular flexibility index (Phi) is 5.64. The lowest BCUT2D eigenvalue weighted by Gasteiger charge is -2.39. The number of hydrogen-bond acceptors (Lipinski definition) is 6. The van der Waals surface area contributed by atoms with Crippen molar-refractivity contribution in [3.05, 3.63) is 58.1 Å². The van der Waals surface area contributed by atoms with E-state index in [1.54, 1.807) is 0 Å². The molecule has 0 spiro atoms. The van der Waals surface area contributed by atoms with Gasteiger partial charge in [0.15, 0.2) is 21.0 Å². The van der Waals surface area contributed by atoms with Crippen molar-refractivity contribution >= 4 is 20.9 Å². The van der Waals surface area contributed by atoms with Gasteiger partial charge < -0.3 is 18.8 Å². The molecular weight excluding hydrogens is 475 g/mol. The van der Waals surface area contributed by atoms with Crippen LogP contribution >= 0.6 is 0 Å². The van der Waals surface area contributed by atoms with Gasteiger partial charge in [-0.3, -0.25) is 4.79 Å². The van der Waals surface area contributed by atoms with Gasteiger partial charge in [0.2, 0.25) is 5.43 Å². The minimum atomic E-state index is -5.04. The van der Waals surface area contributed by atoms with Crippen LogP contribution in [-0.4, -0.2) is 42.7 Å². The molecule has 11 heteroatoms. The third-order valence-corrected chi connectivity index (χ3v) is 7.28. The Bertz CT molecular complexity index is 1420. The van der Waals surface area contributed by atoms with E-state index in [4.69, 9.17) is 9.15 Å². The summed E-state index contributed by atoms with van der Waals surface area (Å²) in [6.45, 7) is 2.40. The zero-order valence-electron chi connectivity index (χ0n) is 18.8. The smallest absolute Gasteiger partial charge is 0.418 e. The second-order valence-electron chi connectivity index (χ2n) is 9.36.